The lowest BCUT2D eigenvalue weighted by molar-refractivity contribution is 0.442. The van der Waals surface area contributed by atoms with Crippen molar-refractivity contribution in [1.82, 2.24) is 9.55 Å². The van der Waals surface area contributed by atoms with Crippen LogP contribution in [0.25, 0.3) is 32.1 Å². The second-order valence-electron chi connectivity index (χ2n) is 7.98. The van der Waals surface area contributed by atoms with Crippen LogP contribution in [0.3, 0.4) is 0 Å². The van der Waals surface area contributed by atoms with Gasteiger partial charge in [0.25, 0.3) is 0 Å². The maximum atomic E-state index is 7.42. The van der Waals surface area contributed by atoms with Crippen LogP contribution in [0.1, 0.15) is 38.2 Å². The second kappa shape index (κ2) is 9.94. The van der Waals surface area contributed by atoms with E-state index in [1.807, 2.05) is 18.2 Å². The van der Waals surface area contributed by atoms with Crippen molar-refractivity contribution in [2.75, 3.05) is 0 Å². The molecule has 0 spiro atoms. The molecule has 3 aromatic rings. The van der Waals surface area contributed by atoms with Crippen molar-refractivity contribution in [2.45, 2.75) is 44.6 Å². The molecule has 0 aliphatic rings. The fourth-order valence-electron chi connectivity index (χ4n) is 4.40. The summed E-state index contributed by atoms with van der Waals surface area (Å²) in [5.41, 5.74) is 4.50. The molecule has 1 heterocycles. The van der Waals surface area contributed by atoms with Crippen LogP contribution in [-0.2, 0) is 12.0 Å². The number of aromatic nitrogens is 2. The first-order chi connectivity index (χ1) is 15.6. The summed E-state index contributed by atoms with van der Waals surface area (Å²) in [7, 11) is 0. The molecule has 0 saturated carbocycles. The van der Waals surface area contributed by atoms with Crippen LogP contribution in [0.15, 0.2) is 74.4 Å². The molecule has 0 amide bonds. The Hall–Kier alpha value is -3.89. The van der Waals surface area contributed by atoms with E-state index in [2.05, 4.69) is 65.2 Å². The van der Waals surface area contributed by atoms with Crippen LogP contribution >= 0.6 is 0 Å². The number of benzene rings is 2. The second-order valence-corrected chi connectivity index (χ2v) is 7.98. The summed E-state index contributed by atoms with van der Waals surface area (Å²) in [6, 6.07) is 12.1. The maximum Gasteiger partial charge on any atom is 0.196 e. The van der Waals surface area contributed by atoms with Gasteiger partial charge in [-0.3, -0.25) is 9.69 Å². The minimum Gasteiger partial charge on any atom is -0.325 e. The van der Waals surface area contributed by atoms with E-state index in [4.69, 9.17) is 18.1 Å². The number of hydrogen-bond acceptors (Lipinski definition) is 1. The number of imidazole rings is 1. The molecule has 2 aromatic carbocycles. The lowest BCUT2D eigenvalue weighted by Gasteiger charge is -2.32. The molecule has 0 fully saturated rings. The van der Waals surface area contributed by atoms with Crippen molar-refractivity contribution in [3.05, 3.63) is 103 Å². The van der Waals surface area contributed by atoms with Gasteiger partial charge in [0, 0.05) is 17.5 Å². The molecule has 0 radical (unpaired) electrons. The highest BCUT2D eigenvalue weighted by Gasteiger charge is 2.28. The fraction of sp³-hybridized carbons (Fsp3) is 0.250. The highest BCUT2D eigenvalue weighted by atomic mass is 15.1. The number of allylic oxidation sites excluding steroid dienone is 3. The van der Waals surface area contributed by atoms with Gasteiger partial charge in [-0.25, -0.2) is 4.98 Å². The molecular formula is C28H28N4. The maximum absolute atomic E-state index is 7.42. The number of aryl methyl sites for hydroxylation is 1. The van der Waals surface area contributed by atoms with E-state index < -0.39 is 0 Å². The van der Waals surface area contributed by atoms with Gasteiger partial charge in [-0.05, 0) is 43.4 Å². The van der Waals surface area contributed by atoms with Crippen LogP contribution in [0.2, 0.25) is 0 Å². The normalized spacial score (nSPS) is 11.0. The zero-order chi connectivity index (χ0) is 23.1. The Kier molecular flexibility index (Phi) is 7.08. The first-order valence-electron chi connectivity index (χ1n) is 10.8. The van der Waals surface area contributed by atoms with Crippen molar-refractivity contribution in [1.29, 1.82) is 0 Å². The largest absolute Gasteiger partial charge is 0.325 e. The van der Waals surface area contributed by atoms with E-state index >= 15 is 0 Å². The molecule has 0 unspecified atom stereocenters. The lowest BCUT2D eigenvalue weighted by atomic mass is 9.72. The molecule has 0 bridgehead atoms. The average Bonchev–Trinajstić information content (AvgIpc) is 3.16. The SMILES string of the molecule is [C-]#[N+]c1cc2nc(-c3ccc(C(CC=C)(CC=C)CC=C)cc3)n(CCC)c2cc1[N+]#[C-]. The van der Waals surface area contributed by atoms with Gasteiger partial charge in [-0.1, -0.05) is 49.4 Å². The summed E-state index contributed by atoms with van der Waals surface area (Å²) in [5, 5.41) is 0. The van der Waals surface area contributed by atoms with Crippen LogP contribution in [0.5, 0.6) is 0 Å². The molecule has 0 saturated heterocycles. The molecule has 160 valence electrons. The summed E-state index contributed by atoms with van der Waals surface area (Å²) in [6.45, 7) is 29.6. The van der Waals surface area contributed by atoms with Gasteiger partial charge >= 0.3 is 0 Å². The number of nitrogens with zero attached hydrogens (tertiary/aromatic N) is 4. The van der Waals surface area contributed by atoms with Crippen molar-refractivity contribution in [3.8, 4) is 11.4 Å². The summed E-state index contributed by atoms with van der Waals surface area (Å²) < 4.78 is 2.15. The molecule has 0 atom stereocenters. The Morgan fingerprint density at radius 1 is 0.938 bits per heavy atom. The molecule has 0 N–H and O–H groups in total. The molecule has 1 aromatic heterocycles. The van der Waals surface area contributed by atoms with E-state index in [-0.39, 0.29) is 5.41 Å². The number of fused-ring (bicyclic) bond motifs is 1. The molecule has 3 rings (SSSR count). The van der Waals surface area contributed by atoms with E-state index in [1.165, 1.54) is 5.56 Å². The summed E-state index contributed by atoms with van der Waals surface area (Å²) in [6.07, 6.45) is 9.37. The van der Waals surface area contributed by atoms with E-state index in [1.54, 1.807) is 12.1 Å². The summed E-state index contributed by atoms with van der Waals surface area (Å²) >= 11 is 0. The Bertz CT molecular complexity index is 1200. The highest BCUT2D eigenvalue weighted by molar-refractivity contribution is 5.91. The standard InChI is InChI=1S/C28H28N4/c1-7-15-28(16-8-2,17-9-3)22-13-11-21(12-14-22)27-31-25-19-23(29-5)24(30-6)20-26(25)32(27)18-10-4/h7-9,11-14,19-20H,1-3,10,15-18H2,4H3. The zero-order valence-corrected chi connectivity index (χ0v) is 18.6. The van der Waals surface area contributed by atoms with E-state index in [0.717, 1.165) is 54.6 Å². The van der Waals surface area contributed by atoms with Gasteiger partial charge in [0.15, 0.2) is 11.4 Å². The molecule has 4 heteroatoms. The molecule has 0 aliphatic carbocycles. The monoisotopic (exact) mass is 420 g/mol. The smallest absolute Gasteiger partial charge is 0.196 e. The Morgan fingerprint density at radius 3 is 2.00 bits per heavy atom. The number of rotatable bonds is 10. The van der Waals surface area contributed by atoms with E-state index in [0.29, 0.717) is 11.4 Å². The Labute approximate surface area is 190 Å². The quantitative estimate of drug-likeness (QED) is 0.240. The van der Waals surface area contributed by atoms with Crippen LogP contribution in [0.4, 0.5) is 11.4 Å². The van der Waals surface area contributed by atoms with Gasteiger partial charge in [-0.15, -0.1) is 19.7 Å². The molecule has 4 nitrogen and oxygen atoms in total. The van der Waals surface area contributed by atoms with Gasteiger partial charge in [0.2, 0.25) is 0 Å². The zero-order valence-electron chi connectivity index (χ0n) is 18.6. The van der Waals surface area contributed by atoms with Gasteiger partial charge in [0.1, 0.15) is 5.82 Å². The predicted octanol–water partition coefficient (Wildman–Crippen LogP) is 8.18. The average molecular weight is 421 g/mol. The Morgan fingerprint density at radius 2 is 1.50 bits per heavy atom. The summed E-state index contributed by atoms with van der Waals surface area (Å²) in [4.78, 5) is 11.9. The minimum atomic E-state index is -0.0948. The summed E-state index contributed by atoms with van der Waals surface area (Å²) in [5.74, 6) is 0.855. The van der Waals surface area contributed by atoms with Crippen molar-refractivity contribution >= 4 is 22.4 Å². The van der Waals surface area contributed by atoms with Crippen molar-refractivity contribution in [2.24, 2.45) is 0 Å². The first-order valence-corrected chi connectivity index (χ1v) is 10.8. The minimum absolute atomic E-state index is 0.0948. The number of hydrogen-bond donors (Lipinski definition) is 0. The highest BCUT2D eigenvalue weighted by Crippen LogP contribution is 2.39. The van der Waals surface area contributed by atoms with E-state index in [9.17, 15) is 0 Å². The molecular weight excluding hydrogens is 392 g/mol. The Balaban J connectivity index is 2.14. The first kappa shape index (κ1) is 22.8. The van der Waals surface area contributed by atoms with Crippen LogP contribution < -0.4 is 0 Å². The topological polar surface area (TPSA) is 26.5 Å². The third-order valence-corrected chi connectivity index (χ3v) is 5.89. The molecule has 0 aliphatic heterocycles. The lowest BCUT2D eigenvalue weighted by Crippen LogP contribution is -2.24. The predicted molar refractivity (Wildman–Crippen MR) is 134 cm³/mol. The van der Waals surface area contributed by atoms with Gasteiger partial charge in [-0.2, -0.15) is 0 Å². The van der Waals surface area contributed by atoms with Crippen LogP contribution in [-0.4, -0.2) is 9.55 Å². The third kappa shape index (κ3) is 4.13. The fourth-order valence-corrected chi connectivity index (χ4v) is 4.40. The van der Waals surface area contributed by atoms with Gasteiger partial charge in [0.05, 0.1) is 24.2 Å². The van der Waals surface area contributed by atoms with Gasteiger partial charge < -0.3 is 4.57 Å². The van der Waals surface area contributed by atoms with Crippen molar-refractivity contribution in [3.63, 3.8) is 0 Å². The molecule has 32 heavy (non-hydrogen) atoms. The van der Waals surface area contributed by atoms with Crippen molar-refractivity contribution < 1.29 is 0 Å². The van der Waals surface area contributed by atoms with Crippen LogP contribution in [0, 0.1) is 13.1 Å². The third-order valence-electron chi connectivity index (χ3n) is 5.89.